The molecular formula is C19H20N6O2. The lowest BCUT2D eigenvalue weighted by Crippen LogP contribution is -2.11. The summed E-state index contributed by atoms with van der Waals surface area (Å²) in [6.07, 6.45) is 10.7. The summed E-state index contributed by atoms with van der Waals surface area (Å²) in [6, 6.07) is 7.46. The van der Waals surface area contributed by atoms with Gasteiger partial charge in [-0.1, -0.05) is 23.8 Å². The van der Waals surface area contributed by atoms with E-state index in [0.29, 0.717) is 6.54 Å². The summed E-state index contributed by atoms with van der Waals surface area (Å²) < 4.78 is 1.63. The van der Waals surface area contributed by atoms with Crippen molar-refractivity contribution in [2.45, 2.75) is 32.1 Å². The third-order valence-corrected chi connectivity index (χ3v) is 4.79. The van der Waals surface area contributed by atoms with E-state index in [1.54, 1.807) is 10.9 Å². The average molecular weight is 364 g/mol. The molecule has 1 N–H and O–H groups in total. The first-order chi connectivity index (χ1) is 13.2. The van der Waals surface area contributed by atoms with E-state index in [4.69, 9.17) is 0 Å². The second-order valence-electron chi connectivity index (χ2n) is 6.54. The number of aromatic nitrogens is 4. The van der Waals surface area contributed by atoms with E-state index in [0.717, 1.165) is 30.3 Å². The number of hydrogen-bond donors (Lipinski definition) is 1. The van der Waals surface area contributed by atoms with Crippen LogP contribution in [0.15, 0.2) is 48.6 Å². The average Bonchev–Trinajstić information content (AvgIpc) is 3.12. The van der Waals surface area contributed by atoms with Crippen LogP contribution in [-0.4, -0.2) is 31.0 Å². The molecule has 1 aliphatic carbocycles. The maximum Gasteiger partial charge on any atom is 0.354 e. The largest absolute Gasteiger partial charge is 0.364 e. The lowest BCUT2D eigenvalue weighted by atomic mass is 9.97. The zero-order valence-corrected chi connectivity index (χ0v) is 14.8. The number of nitrogens with zero attached hydrogens (tertiary/aromatic N) is 5. The Kier molecular flexibility index (Phi) is 4.78. The van der Waals surface area contributed by atoms with Crippen molar-refractivity contribution in [1.82, 2.24) is 19.5 Å². The quantitative estimate of drug-likeness (QED) is 0.403. The Hall–Kier alpha value is -3.29. The minimum absolute atomic E-state index is 0.140. The van der Waals surface area contributed by atoms with Crippen LogP contribution < -0.4 is 5.32 Å². The van der Waals surface area contributed by atoms with E-state index in [1.807, 2.05) is 24.3 Å². The number of hydrogen-bond acceptors (Lipinski definition) is 6. The van der Waals surface area contributed by atoms with Crippen molar-refractivity contribution in [3.05, 3.63) is 58.7 Å². The van der Waals surface area contributed by atoms with Crippen molar-refractivity contribution in [2.24, 2.45) is 0 Å². The van der Waals surface area contributed by atoms with Crippen LogP contribution >= 0.6 is 0 Å². The van der Waals surface area contributed by atoms with Gasteiger partial charge in [-0.3, -0.25) is 14.7 Å². The highest BCUT2D eigenvalue weighted by atomic mass is 16.6. The first-order valence-corrected chi connectivity index (χ1v) is 9.07. The Labute approximate surface area is 156 Å². The van der Waals surface area contributed by atoms with Crippen LogP contribution in [0.5, 0.6) is 0 Å². The van der Waals surface area contributed by atoms with Gasteiger partial charge in [-0.2, -0.15) is 0 Å². The fourth-order valence-corrected chi connectivity index (χ4v) is 3.44. The molecule has 0 amide bonds. The molecule has 0 saturated heterocycles. The van der Waals surface area contributed by atoms with Gasteiger partial charge in [-0.15, -0.1) is 0 Å². The molecule has 3 aromatic rings. The van der Waals surface area contributed by atoms with Crippen molar-refractivity contribution in [3.63, 3.8) is 0 Å². The summed E-state index contributed by atoms with van der Waals surface area (Å²) in [5.41, 5.74) is 2.78. The minimum atomic E-state index is -0.438. The van der Waals surface area contributed by atoms with Crippen molar-refractivity contribution in [1.29, 1.82) is 0 Å². The normalized spacial score (nSPS) is 14.1. The monoisotopic (exact) mass is 364 g/mol. The number of allylic oxidation sites excluding steroid dienone is 1. The molecule has 0 atom stereocenters. The highest BCUT2D eigenvalue weighted by molar-refractivity contribution is 5.79. The Bertz CT molecular complexity index is 1010. The maximum atomic E-state index is 11.8. The van der Waals surface area contributed by atoms with Crippen LogP contribution in [0.1, 0.15) is 32.1 Å². The second kappa shape index (κ2) is 7.53. The molecule has 0 saturated carbocycles. The fraction of sp³-hybridized carbons (Fsp3) is 0.316. The van der Waals surface area contributed by atoms with Gasteiger partial charge in [-0.25, -0.2) is 15.0 Å². The molecule has 2 heterocycles. The number of rotatable bonds is 6. The molecule has 0 bridgehead atoms. The molecule has 0 fully saturated rings. The minimum Gasteiger partial charge on any atom is -0.364 e. The van der Waals surface area contributed by atoms with Crippen molar-refractivity contribution in [2.75, 3.05) is 11.9 Å². The summed E-state index contributed by atoms with van der Waals surface area (Å²) in [6.45, 7) is 0.605. The van der Waals surface area contributed by atoms with Gasteiger partial charge in [0.05, 0.1) is 16.0 Å². The van der Waals surface area contributed by atoms with Gasteiger partial charge in [0, 0.05) is 6.54 Å². The number of imidazole rings is 1. The van der Waals surface area contributed by atoms with Gasteiger partial charge in [0.2, 0.25) is 11.6 Å². The SMILES string of the molecule is O=[N+]([O-])c1c(NCCC2=CCCCC2)ncnc1-n1cnc2ccccc21. The molecule has 27 heavy (non-hydrogen) atoms. The van der Waals surface area contributed by atoms with E-state index >= 15 is 0 Å². The molecule has 1 aliphatic rings. The summed E-state index contributed by atoms with van der Waals surface area (Å²) in [4.78, 5) is 23.9. The smallest absolute Gasteiger partial charge is 0.354 e. The molecule has 0 spiro atoms. The predicted octanol–water partition coefficient (Wildman–Crippen LogP) is 4.03. The number of nitrogens with one attached hydrogen (secondary N) is 1. The molecule has 8 heteroatoms. The van der Waals surface area contributed by atoms with E-state index in [2.05, 4.69) is 26.3 Å². The van der Waals surface area contributed by atoms with Gasteiger partial charge in [0.15, 0.2) is 0 Å². The summed E-state index contributed by atoms with van der Waals surface area (Å²) in [5, 5.41) is 14.9. The fourth-order valence-electron chi connectivity index (χ4n) is 3.44. The van der Waals surface area contributed by atoms with Crippen molar-refractivity contribution < 1.29 is 4.92 Å². The molecule has 2 aromatic heterocycles. The van der Waals surface area contributed by atoms with Crippen LogP contribution in [0, 0.1) is 10.1 Å². The van der Waals surface area contributed by atoms with Crippen LogP contribution in [0.4, 0.5) is 11.5 Å². The number of para-hydroxylation sites is 2. The first-order valence-electron chi connectivity index (χ1n) is 9.07. The van der Waals surface area contributed by atoms with Crippen LogP contribution in [0.3, 0.4) is 0 Å². The molecule has 0 aliphatic heterocycles. The van der Waals surface area contributed by atoms with Crippen LogP contribution in [0.25, 0.3) is 16.9 Å². The Balaban J connectivity index is 1.64. The molecule has 0 radical (unpaired) electrons. The Morgan fingerprint density at radius 3 is 2.89 bits per heavy atom. The van der Waals surface area contributed by atoms with Gasteiger partial charge < -0.3 is 5.32 Å². The maximum absolute atomic E-state index is 11.8. The van der Waals surface area contributed by atoms with E-state index in [1.165, 1.54) is 24.7 Å². The van der Waals surface area contributed by atoms with Crippen molar-refractivity contribution >= 4 is 22.5 Å². The summed E-state index contributed by atoms with van der Waals surface area (Å²) in [7, 11) is 0. The second-order valence-corrected chi connectivity index (χ2v) is 6.54. The van der Waals surface area contributed by atoms with Gasteiger partial charge in [0.25, 0.3) is 0 Å². The zero-order chi connectivity index (χ0) is 18.6. The lowest BCUT2D eigenvalue weighted by molar-refractivity contribution is -0.384. The van der Waals surface area contributed by atoms with E-state index in [9.17, 15) is 10.1 Å². The number of fused-ring (bicyclic) bond motifs is 1. The first kappa shape index (κ1) is 17.1. The standard InChI is InChI=1S/C19H20N6O2/c26-25(27)17-18(20-11-10-14-6-2-1-3-7-14)21-12-22-19(17)24-13-23-15-8-4-5-9-16(15)24/h4-6,8-9,12-13H,1-3,7,10-11H2,(H,20,21,22). The third kappa shape index (κ3) is 3.51. The highest BCUT2D eigenvalue weighted by Crippen LogP contribution is 2.30. The number of benzene rings is 1. The molecule has 0 unspecified atom stereocenters. The van der Waals surface area contributed by atoms with E-state index < -0.39 is 4.92 Å². The highest BCUT2D eigenvalue weighted by Gasteiger charge is 2.25. The molecule has 138 valence electrons. The van der Waals surface area contributed by atoms with Gasteiger partial charge in [-0.05, 0) is 44.2 Å². The lowest BCUT2D eigenvalue weighted by Gasteiger charge is -2.13. The predicted molar refractivity (Wildman–Crippen MR) is 103 cm³/mol. The molecule has 1 aromatic carbocycles. The summed E-state index contributed by atoms with van der Waals surface area (Å²) >= 11 is 0. The molecule has 8 nitrogen and oxygen atoms in total. The van der Waals surface area contributed by atoms with Crippen LogP contribution in [0.2, 0.25) is 0 Å². The number of nitro groups is 1. The molecular weight excluding hydrogens is 344 g/mol. The summed E-state index contributed by atoms with van der Waals surface area (Å²) in [5.74, 6) is 0.447. The Morgan fingerprint density at radius 1 is 1.19 bits per heavy atom. The topological polar surface area (TPSA) is 98.8 Å². The van der Waals surface area contributed by atoms with Crippen molar-refractivity contribution in [3.8, 4) is 5.82 Å². The van der Waals surface area contributed by atoms with Crippen LogP contribution in [-0.2, 0) is 0 Å². The van der Waals surface area contributed by atoms with E-state index in [-0.39, 0.29) is 17.3 Å². The van der Waals surface area contributed by atoms with Gasteiger partial charge in [0.1, 0.15) is 12.7 Å². The number of anilines is 1. The Morgan fingerprint density at radius 2 is 2.07 bits per heavy atom. The third-order valence-electron chi connectivity index (χ3n) is 4.79. The van der Waals surface area contributed by atoms with Gasteiger partial charge >= 0.3 is 5.69 Å². The molecule has 4 rings (SSSR count). The zero-order valence-electron chi connectivity index (χ0n) is 14.8.